The third-order valence-electron chi connectivity index (χ3n) is 10.7. The first-order valence-electron chi connectivity index (χ1n) is 13.4. The van der Waals surface area contributed by atoms with Crippen LogP contribution in [0.25, 0.3) is 0 Å². The van der Waals surface area contributed by atoms with Crippen molar-refractivity contribution in [3.05, 3.63) is 0 Å². The molecule has 4 aliphatic carbocycles. The molecule has 8 unspecified atom stereocenters. The number of ether oxygens (including phenoxy) is 2. The number of hydrogen-bond acceptors (Lipinski definition) is 7. The zero-order valence-electron chi connectivity index (χ0n) is 21.8. The lowest BCUT2D eigenvalue weighted by Gasteiger charge is -2.62. The van der Waals surface area contributed by atoms with Gasteiger partial charge in [-0.1, -0.05) is 20.8 Å². The van der Waals surface area contributed by atoms with Gasteiger partial charge in [-0.15, -0.1) is 0 Å². The average Bonchev–Trinajstić information content (AvgIpc) is 3.11. The highest BCUT2D eigenvalue weighted by molar-refractivity contribution is 5.83. The second-order valence-electron chi connectivity index (χ2n) is 12.4. The first-order chi connectivity index (χ1) is 16.4. The summed E-state index contributed by atoms with van der Waals surface area (Å²) in [6.07, 6.45) is 5.53. The van der Waals surface area contributed by atoms with Crippen molar-refractivity contribution in [3.8, 4) is 0 Å². The van der Waals surface area contributed by atoms with Gasteiger partial charge in [-0.25, -0.2) is 0 Å². The summed E-state index contributed by atoms with van der Waals surface area (Å²) in [7, 11) is 0. The Morgan fingerprint density at radius 1 is 1.03 bits per heavy atom. The van der Waals surface area contributed by atoms with Gasteiger partial charge in [0.1, 0.15) is 18.0 Å². The Hall–Kier alpha value is -1.92. The quantitative estimate of drug-likeness (QED) is 0.526. The molecule has 0 aromatic carbocycles. The number of fused-ring (bicyclic) bond motifs is 5. The summed E-state index contributed by atoms with van der Waals surface area (Å²) >= 11 is 0. The van der Waals surface area contributed by atoms with Crippen LogP contribution in [0.3, 0.4) is 0 Å². The molecule has 0 heterocycles. The summed E-state index contributed by atoms with van der Waals surface area (Å²) < 4.78 is 11.6. The Balaban J connectivity index is 1.65. The smallest absolute Gasteiger partial charge is 0.302 e. The molecule has 10 atom stereocenters. The predicted octanol–water partition coefficient (Wildman–Crippen LogP) is 3.46. The number of carboxylic acid groups (broad SMARTS) is 1. The van der Waals surface area contributed by atoms with E-state index in [2.05, 4.69) is 20.8 Å². The van der Waals surface area contributed by atoms with Crippen molar-refractivity contribution < 1.29 is 33.8 Å². The van der Waals surface area contributed by atoms with E-state index in [0.29, 0.717) is 31.5 Å². The van der Waals surface area contributed by atoms with Gasteiger partial charge < -0.3 is 19.4 Å². The molecule has 4 fully saturated rings. The van der Waals surface area contributed by atoms with Gasteiger partial charge in [-0.2, -0.15) is 0 Å². The lowest BCUT2D eigenvalue weighted by atomic mass is 9.43. The molecular weight excluding hydrogens is 448 g/mol. The fourth-order valence-corrected chi connectivity index (χ4v) is 9.07. The summed E-state index contributed by atoms with van der Waals surface area (Å²) in [5, 5.41) is 11.1. The highest BCUT2D eigenvalue weighted by Gasteiger charge is 2.67. The van der Waals surface area contributed by atoms with Gasteiger partial charge in [-0.05, 0) is 86.4 Å². The van der Waals surface area contributed by atoms with E-state index in [9.17, 15) is 24.3 Å². The molecule has 4 rings (SSSR count). The van der Waals surface area contributed by atoms with Crippen molar-refractivity contribution in [2.45, 2.75) is 105 Å². The number of carbonyl (C=O) groups is 4. The Morgan fingerprint density at radius 2 is 1.71 bits per heavy atom. The molecule has 7 nitrogen and oxygen atoms in total. The molecule has 7 heteroatoms. The Morgan fingerprint density at radius 3 is 2.34 bits per heavy atom. The topological polar surface area (TPSA) is 110 Å². The summed E-state index contributed by atoms with van der Waals surface area (Å²) in [6, 6.07) is 0. The minimum absolute atomic E-state index is 0.0187. The van der Waals surface area contributed by atoms with Crippen molar-refractivity contribution in [2.24, 2.45) is 46.3 Å². The first-order valence-corrected chi connectivity index (χ1v) is 13.4. The number of aliphatic carboxylic acids is 1. The number of Topliss-reactive ketones (excluding diaryl/α,β-unsaturated/α-hetero) is 1. The van der Waals surface area contributed by atoms with E-state index in [-0.39, 0.29) is 76.9 Å². The minimum Gasteiger partial charge on any atom is -0.550 e. The van der Waals surface area contributed by atoms with Crippen LogP contribution in [-0.4, -0.2) is 35.9 Å². The van der Waals surface area contributed by atoms with E-state index in [1.165, 1.54) is 13.8 Å². The first kappa shape index (κ1) is 26.2. The Bertz CT molecular complexity index is 883. The Labute approximate surface area is 208 Å². The standard InChI is InChI=1S/C28H42O7/c1-15(6-9-25(32)33)20-7-8-21-26-22(14-24(28(20,21)5)35-17(3)30)27(4)11-10-19(34-16(2)29)12-18(27)13-23(26)31/h15,18-22,24,26H,6-14H2,1-5H3,(H,32,33)/p-1/t15?,18?,19?,20?,21?,22?,24?,26?,27-,28+/m0/s1. The molecule has 4 saturated carbocycles. The van der Waals surface area contributed by atoms with Gasteiger partial charge in [0.15, 0.2) is 0 Å². The lowest BCUT2D eigenvalue weighted by molar-refractivity contribution is -0.306. The second kappa shape index (κ2) is 9.51. The van der Waals surface area contributed by atoms with E-state index < -0.39 is 5.97 Å². The monoisotopic (exact) mass is 489 g/mol. The van der Waals surface area contributed by atoms with Crippen LogP contribution < -0.4 is 5.11 Å². The van der Waals surface area contributed by atoms with Gasteiger partial charge in [0.2, 0.25) is 0 Å². The molecular formula is C28H41O7-. The largest absolute Gasteiger partial charge is 0.550 e. The third-order valence-corrected chi connectivity index (χ3v) is 10.7. The predicted molar refractivity (Wildman–Crippen MR) is 126 cm³/mol. The summed E-state index contributed by atoms with van der Waals surface area (Å²) in [5.41, 5.74) is -0.417. The van der Waals surface area contributed by atoms with Crippen molar-refractivity contribution in [1.29, 1.82) is 0 Å². The van der Waals surface area contributed by atoms with Gasteiger partial charge in [0.25, 0.3) is 0 Å². The summed E-state index contributed by atoms with van der Waals surface area (Å²) in [6.45, 7) is 9.47. The maximum Gasteiger partial charge on any atom is 0.302 e. The van der Waals surface area contributed by atoms with Crippen LogP contribution in [0.5, 0.6) is 0 Å². The summed E-state index contributed by atoms with van der Waals surface area (Å²) in [5.74, 6) is -0.620. The van der Waals surface area contributed by atoms with Gasteiger partial charge in [-0.3, -0.25) is 14.4 Å². The number of ketones is 1. The van der Waals surface area contributed by atoms with Crippen molar-refractivity contribution in [3.63, 3.8) is 0 Å². The molecule has 0 N–H and O–H groups in total. The van der Waals surface area contributed by atoms with Crippen molar-refractivity contribution >= 4 is 23.7 Å². The van der Waals surface area contributed by atoms with E-state index in [1.807, 2.05) is 0 Å². The molecule has 0 amide bonds. The third kappa shape index (κ3) is 4.53. The van der Waals surface area contributed by atoms with E-state index in [0.717, 1.165) is 25.7 Å². The van der Waals surface area contributed by atoms with Gasteiger partial charge in [0.05, 0.1) is 0 Å². The molecule has 0 aliphatic heterocycles. The number of esters is 2. The summed E-state index contributed by atoms with van der Waals surface area (Å²) in [4.78, 5) is 48.7. The molecule has 0 spiro atoms. The van der Waals surface area contributed by atoms with Crippen LogP contribution >= 0.6 is 0 Å². The highest BCUT2D eigenvalue weighted by Crippen LogP contribution is 2.68. The number of carbonyl (C=O) groups excluding carboxylic acids is 4. The molecule has 4 aliphatic rings. The van der Waals surface area contributed by atoms with Crippen LogP contribution in [0, 0.1) is 46.3 Å². The highest BCUT2D eigenvalue weighted by atomic mass is 16.5. The zero-order chi connectivity index (χ0) is 25.7. The molecule has 196 valence electrons. The van der Waals surface area contributed by atoms with Gasteiger partial charge >= 0.3 is 11.9 Å². The van der Waals surface area contributed by atoms with Crippen molar-refractivity contribution in [1.82, 2.24) is 0 Å². The SMILES string of the molecule is CC(=O)OC1CC[C@@]2(C)C(CC(=O)C3C2CC(OC(C)=O)[C@]2(C)C(C(C)CCC(=O)[O-])CCC32)C1. The van der Waals surface area contributed by atoms with Crippen LogP contribution in [-0.2, 0) is 28.7 Å². The van der Waals surface area contributed by atoms with Gasteiger partial charge in [0, 0.05) is 37.6 Å². The zero-order valence-corrected chi connectivity index (χ0v) is 21.8. The lowest BCUT2D eigenvalue weighted by Crippen LogP contribution is -2.62. The second-order valence-corrected chi connectivity index (χ2v) is 12.4. The number of rotatable bonds is 6. The average molecular weight is 490 g/mol. The minimum atomic E-state index is -1.04. The maximum atomic E-state index is 13.8. The fourth-order valence-electron chi connectivity index (χ4n) is 9.07. The number of carboxylic acids is 1. The molecule has 0 aromatic heterocycles. The maximum absolute atomic E-state index is 13.8. The van der Waals surface area contributed by atoms with Crippen molar-refractivity contribution in [2.75, 3.05) is 0 Å². The van der Waals surface area contributed by atoms with Crippen LogP contribution in [0.15, 0.2) is 0 Å². The number of hydrogen-bond donors (Lipinski definition) is 0. The van der Waals surface area contributed by atoms with E-state index in [4.69, 9.17) is 9.47 Å². The molecule has 0 radical (unpaired) electrons. The molecule has 0 bridgehead atoms. The Kier molecular flexibility index (Phi) is 7.11. The van der Waals surface area contributed by atoms with Crippen LogP contribution in [0.1, 0.15) is 92.4 Å². The molecule has 35 heavy (non-hydrogen) atoms. The van der Waals surface area contributed by atoms with Crippen LogP contribution in [0.2, 0.25) is 0 Å². The van der Waals surface area contributed by atoms with E-state index >= 15 is 0 Å². The molecule has 0 saturated heterocycles. The van der Waals surface area contributed by atoms with E-state index in [1.54, 1.807) is 0 Å². The fraction of sp³-hybridized carbons (Fsp3) is 0.857. The van der Waals surface area contributed by atoms with Crippen LogP contribution in [0.4, 0.5) is 0 Å². The molecule has 0 aromatic rings. The normalized spacial score (nSPS) is 43.3.